The molecule has 1 aromatic heterocycles. The first-order chi connectivity index (χ1) is 15.6. The van der Waals surface area contributed by atoms with Crippen molar-refractivity contribution in [1.82, 2.24) is 19.8 Å². The van der Waals surface area contributed by atoms with Crippen molar-refractivity contribution < 1.29 is 19.0 Å². The summed E-state index contributed by atoms with van der Waals surface area (Å²) in [6, 6.07) is 11.2. The molecule has 0 spiro atoms. The SMILES string of the molecule is COc1ccc2nc(CN3CCN(CC(=O)Nc4ccc(OC)c(OC)c4)CC3)[nH]c2c1. The van der Waals surface area contributed by atoms with Crippen molar-refractivity contribution >= 4 is 22.6 Å². The van der Waals surface area contributed by atoms with E-state index in [9.17, 15) is 4.79 Å². The van der Waals surface area contributed by atoms with Gasteiger partial charge in [0.2, 0.25) is 5.91 Å². The second-order valence-corrected chi connectivity index (χ2v) is 7.74. The molecule has 2 aromatic carbocycles. The molecule has 0 atom stereocenters. The van der Waals surface area contributed by atoms with E-state index < -0.39 is 0 Å². The molecule has 1 aliphatic heterocycles. The van der Waals surface area contributed by atoms with Gasteiger partial charge in [0.25, 0.3) is 0 Å². The highest BCUT2D eigenvalue weighted by Crippen LogP contribution is 2.29. The van der Waals surface area contributed by atoms with Crippen LogP contribution in [0.15, 0.2) is 36.4 Å². The Labute approximate surface area is 187 Å². The smallest absolute Gasteiger partial charge is 0.238 e. The molecule has 0 saturated carbocycles. The van der Waals surface area contributed by atoms with Gasteiger partial charge in [0.15, 0.2) is 11.5 Å². The third-order valence-electron chi connectivity index (χ3n) is 5.61. The average Bonchev–Trinajstić information content (AvgIpc) is 3.21. The van der Waals surface area contributed by atoms with Crippen LogP contribution in [0.25, 0.3) is 11.0 Å². The lowest BCUT2D eigenvalue weighted by Gasteiger charge is -2.33. The Kier molecular flexibility index (Phi) is 6.77. The molecule has 2 N–H and O–H groups in total. The number of ether oxygens (including phenoxy) is 3. The second-order valence-electron chi connectivity index (χ2n) is 7.74. The van der Waals surface area contributed by atoms with E-state index in [0.29, 0.717) is 23.7 Å². The highest BCUT2D eigenvalue weighted by Gasteiger charge is 2.20. The van der Waals surface area contributed by atoms with Crippen LogP contribution in [0.3, 0.4) is 0 Å². The minimum Gasteiger partial charge on any atom is -0.497 e. The van der Waals surface area contributed by atoms with Crippen molar-refractivity contribution in [2.75, 3.05) is 59.4 Å². The van der Waals surface area contributed by atoms with Gasteiger partial charge in [-0.2, -0.15) is 0 Å². The van der Waals surface area contributed by atoms with Gasteiger partial charge >= 0.3 is 0 Å². The Morgan fingerprint density at radius 3 is 2.44 bits per heavy atom. The second kappa shape index (κ2) is 9.88. The number of amides is 1. The minimum absolute atomic E-state index is 0.0445. The normalized spacial score (nSPS) is 15.0. The molecule has 0 aliphatic carbocycles. The van der Waals surface area contributed by atoms with Crippen molar-refractivity contribution in [3.63, 3.8) is 0 Å². The lowest BCUT2D eigenvalue weighted by molar-refractivity contribution is -0.117. The predicted octanol–water partition coefficient (Wildman–Crippen LogP) is 2.34. The fourth-order valence-electron chi connectivity index (χ4n) is 3.88. The molecule has 170 valence electrons. The third-order valence-corrected chi connectivity index (χ3v) is 5.61. The molecule has 9 nitrogen and oxygen atoms in total. The van der Waals surface area contributed by atoms with E-state index >= 15 is 0 Å². The Balaban J connectivity index is 1.26. The van der Waals surface area contributed by atoms with E-state index in [1.807, 2.05) is 18.2 Å². The summed E-state index contributed by atoms with van der Waals surface area (Å²) in [5.74, 6) is 2.92. The fraction of sp³-hybridized carbons (Fsp3) is 0.391. The molecule has 0 radical (unpaired) electrons. The first-order valence-corrected chi connectivity index (χ1v) is 10.6. The maximum atomic E-state index is 12.5. The summed E-state index contributed by atoms with van der Waals surface area (Å²) in [5, 5.41) is 2.94. The summed E-state index contributed by atoms with van der Waals surface area (Å²) in [4.78, 5) is 25.1. The number of H-pyrrole nitrogens is 1. The molecular weight excluding hydrogens is 410 g/mol. The number of piperazine rings is 1. The monoisotopic (exact) mass is 439 g/mol. The number of carbonyl (C=O) groups excluding carboxylic acids is 1. The summed E-state index contributed by atoms with van der Waals surface area (Å²) in [6.07, 6.45) is 0. The van der Waals surface area contributed by atoms with Gasteiger partial charge in [-0.3, -0.25) is 14.6 Å². The largest absolute Gasteiger partial charge is 0.497 e. The van der Waals surface area contributed by atoms with Crippen molar-refractivity contribution in [2.24, 2.45) is 0 Å². The van der Waals surface area contributed by atoms with Gasteiger partial charge in [0, 0.05) is 44.0 Å². The molecule has 0 unspecified atom stereocenters. The van der Waals surface area contributed by atoms with E-state index in [4.69, 9.17) is 14.2 Å². The Bertz CT molecular complexity index is 1080. The zero-order valence-corrected chi connectivity index (χ0v) is 18.7. The number of nitrogens with one attached hydrogen (secondary N) is 2. The van der Waals surface area contributed by atoms with Gasteiger partial charge in [-0.25, -0.2) is 4.98 Å². The van der Waals surface area contributed by atoms with Crippen LogP contribution in [0.1, 0.15) is 5.82 Å². The van der Waals surface area contributed by atoms with E-state index in [0.717, 1.165) is 55.3 Å². The van der Waals surface area contributed by atoms with Crippen LogP contribution in [0.5, 0.6) is 17.2 Å². The molecule has 2 heterocycles. The Morgan fingerprint density at radius 1 is 0.969 bits per heavy atom. The molecular formula is C23H29N5O4. The van der Waals surface area contributed by atoms with Gasteiger partial charge < -0.3 is 24.5 Å². The van der Waals surface area contributed by atoms with Crippen LogP contribution in [-0.4, -0.2) is 79.7 Å². The number of imidazole rings is 1. The minimum atomic E-state index is -0.0445. The topological polar surface area (TPSA) is 92.0 Å². The summed E-state index contributed by atoms with van der Waals surface area (Å²) in [5.41, 5.74) is 2.60. The number of hydrogen-bond donors (Lipinski definition) is 2. The fourth-order valence-corrected chi connectivity index (χ4v) is 3.88. The highest BCUT2D eigenvalue weighted by atomic mass is 16.5. The number of anilines is 1. The highest BCUT2D eigenvalue weighted by molar-refractivity contribution is 5.92. The molecule has 1 fully saturated rings. The lowest BCUT2D eigenvalue weighted by atomic mass is 10.2. The van der Waals surface area contributed by atoms with E-state index in [1.165, 1.54) is 0 Å². The molecule has 1 amide bonds. The molecule has 9 heteroatoms. The summed E-state index contributed by atoms with van der Waals surface area (Å²) < 4.78 is 15.8. The lowest BCUT2D eigenvalue weighted by Crippen LogP contribution is -2.48. The summed E-state index contributed by atoms with van der Waals surface area (Å²) >= 11 is 0. The first kappa shape index (κ1) is 21.9. The number of benzene rings is 2. The molecule has 4 rings (SSSR count). The van der Waals surface area contributed by atoms with Crippen LogP contribution in [-0.2, 0) is 11.3 Å². The zero-order chi connectivity index (χ0) is 22.5. The van der Waals surface area contributed by atoms with Crippen molar-refractivity contribution in [3.8, 4) is 17.2 Å². The molecule has 3 aromatic rings. The maximum Gasteiger partial charge on any atom is 0.238 e. The van der Waals surface area contributed by atoms with Crippen LogP contribution >= 0.6 is 0 Å². The third kappa shape index (κ3) is 5.12. The molecule has 1 saturated heterocycles. The summed E-state index contributed by atoms with van der Waals surface area (Å²) in [7, 11) is 4.82. The Hall–Kier alpha value is -3.30. The zero-order valence-electron chi connectivity index (χ0n) is 18.7. The van der Waals surface area contributed by atoms with Crippen molar-refractivity contribution in [3.05, 3.63) is 42.2 Å². The average molecular weight is 440 g/mol. The number of hydrogen-bond acceptors (Lipinski definition) is 7. The number of methoxy groups -OCH3 is 3. The van der Waals surface area contributed by atoms with Crippen molar-refractivity contribution in [1.29, 1.82) is 0 Å². The van der Waals surface area contributed by atoms with Crippen LogP contribution in [0.4, 0.5) is 5.69 Å². The van der Waals surface area contributed by atoms with Gasteiger partial charge in [0.05, 0.1) is 45.5 Å². The number of aromatic amines is 1. The molecule has 1 aliphatic rings. The Morgan fingerprint density at radius 2 is 1.72 bits per heavy atom. The number of rotatable bonds is 8. The number of fused-ring (bicyclic) bond motifs is 1. The number of nitrogens with zero attached hydrogens (tertiary/aromatic N) is 3. The van der Waals surface area contributed by atoms with Gasteiger partial charge in [-0.1, -0.05) is 0 Å². The van der Waals surface area contributed by atoms with Crippen LogP contribution < -0.4 is 19.5 Å². The van der Waals surface area contributed by atoms with Gasteiger partial charge in [-0.05, 0) is 24.3 Å². The van der Waals surface area contributed by atoms with Gasteiger partial charge in [-0.15, -0.1) is 0 Å². The first-order valence-electron chi connectivity index (χ1n) is 10.6. The molecule has 0 bridgehead atoms. The quantitative estimate of drug-likeness (QED) is 0.557. The maximum absolute atomic E-state index is 12.5. The van der Waals surface area contributed by atoms with Gasteiger partial charge in [0.1, 0.15) is 11.6 Å². The predicted molar refractivity (Wildman–Crippen MR) is 123 cm³/mol. The van der Waals surface area contributed by atoms with Crippen LogP contribution in [0, 0.1) is 0 Å². The molecule has 32 heavy (non-hydrogen) atoms. The van der Waals surface area contributed by atoms with Crippen molar-refractivity contribution in [2.45, 2.75) is 6.54 Å². The standard InChI is InChI=1S/C23H29N5O4/c1-30-17-5-6-18-19(13-17)26-22(25-18)14-27-8-10-28(11-9-27)15-23(29)24-16-4-7-20(31-2)21(12-16)32-3/h4-7,12-13H,8-11,14-15H2,1-3H3,(H,24,29)(H,25,26). The number of carbonyl (C=O) groups is 1. The number of aromatic nitrogens is 2. The van der Waals surface area contributed by atoms with E-state index in [1.54, 1.807) is 39.5 Å². The van der Waals surface area contributed by atoms with E-state index in [2.05, 4.69) is 25.1 Å². The van der Waals surface area contributed by atoms with Crippen LogP contribution in [0.2, 0.25) is 0 Å². The summed E-state index contributed by atoms with van der Waals surface area (Å²) in [6.45, 7) is 4.52. The van der Waals surface area contributed by atoms with E-state index in [-0.39, 0.29) is 5.91 Å².